The molecule has 0 unspecified atom stereocenters. The maximum absolute atomic E-state index is 2.27. The zero-order chi connectivity index (χ0) is 6.95. The topological polar surface area (TPSA) is 0 Å². The molecule has 9 heavy (non-hydrogen) atoms. The maximum atomic E-state index is 2.27. The van der Waals surface area contributed by atoms with Crippen LogP contribution < -0.4 is 0 Å². The Kier molecular flexibility index (Phi) is 9.84. The average molecular weight is 321 g/mol. The van der Waals surface area contributed by atoms with Crippen molar-refractivity contribution in [3.8, 4) is 0 Å². The van der Waals surface area contributed by atoms with E-state index in [9.17, 15) is 0 Å². The van der Waals surface area contributed by atoms with Gasteiger partial charge in [0.05, 0.1) is 0 Å². The fourth-order valence-corrected chi connectivity index (χ4v) is 2.05. The molecule has 0 amide bonds. The molecule has 0 nitrogen and oxygen atoms in total. The summed E-state index contributed by atoms with van der Waals surface area (Å²) in [5.41, 5.74) is 0. The van der Waals surface area contributed by atoms with Crippen LogP contribution in [-0.2, 0) is 0 Å². The normalized spacial score (nSPS) is 10.0. The first-order chi connectivity index (χ1) is 4.41. The van der Waals surface area contributed by atoms with Gasteiger partial charge in [0.25, 0.3) is 0 Å². The van der Waals surface area contributed by atoms with Gasteiger partial charge in [-0.3, -0.25) is 0 Å². The minimum absolute atomic E-state index is 1.24. The zero-order valence-electron chi connectivity index (χ0n) is 6.53. The first-order valence-corrected chi connectivity index (χ1v) is 7.29. The molecule has 0 saturated heterocycles. The summed E-state index contributed by atoms with van der Waals surface area (Å²) in [6.45, 7) is 2.27. The summed E-state index contributed by atoms with van der Waals surface area (Å²) in [5.74, 6) is 0. The molecule has 0 aromatic heterocycles. The molecule has 0 aliphatic heterocycles. The summed E-state index contributed by atoms with van der Waals surface area (Å²) in [5, 5.41) is 0. The van der Waals surface area contributed by atoms with E-state index >= 15 is 0 Å². The fourth-order valence-electron chi connectivity index (χ4n) is 0.925. The van der Waals surface area contributed by atoms with Gasteiger partial charge < -0.3 is 0 Å². The number of hydrogen-bond acceptors (Lipinski definition) is 0. The summed E-state index contributed by atoms with van der Waals surface area (Å²) < 4.78 is 1.53. The third-order valence-electron chi connectivity index (χ3n) is 1.56. The molecule has 0 atom stereocenters. The molecule has 0 aliphatic carbocycles. The molecule has 0 N–H and O–H groups in total. The monoisotopic (exact) mass is 322 g/mol. The van der Waals surface area contributed by atoms with Crippen LogP contribution in [0.15, 0.2) is 0 Å². The predicted molar refractivity (Wildman–Crippen MR) is 45.3 cm³/mol. The molecule has 0 bridgehead atoms. The SMILES string of the molecule is CCCCCCC[CH2][PbH]. The Balaban J connectivity index is 2.60. The van der Waals surface area contributed by atoms with Crippen molar-refractivity contribution in [1.29, 1.82) is 0 Å². The Labute approximate surface area is 75.1 Å². The fraction of sp³-hybridized carbons (Fsp3) is 1.00. The molecule has 0 aliphatic rings. The molecule has 0 fully saturated rings. The second-order valence-corrected chi connectivity index (χ2v) is 4.80. The van der Waals surface area contributed by atoms with Gasteiger partial charge in [0.2, 0.25) is 0 Å². The van der Waals surface area contributed by atoms with Gasteiger partial charge in [-0.05, 0) is 0 Å². The standard InChI is InChI=1S/C8H17.Pb.H/c1-3-5-7-8-6-4-2;;/h1,3-8H2,2H3;;. The van der Waals surface area contributed by atoms with Gasteiger partial charge in [0, 0.05) is 0 Å². The molecule has 0 saturated carbocycles. The van der Waals surface area contributed by atoms with E-state index in [1.54, 1.807) is 0 Å². The van der Waals surface area contributed by atoms with Crippen LogP contribution in [0.4, 0.5) is 0 Å². The molecule has 0 heterocycles. The van der Waals surface area contributed by atoms with Gasteiger partial charge in [-0.1, -0.05) is 0 Å². The van der Waals surface area contributed by atoms with Crippen LogP contribution in [0.5, 0.6) is 0 Å². The molecule has 0 rings (SSSR count). The van der Waals surface area contributed by atoms with Crippen LogP contribution in [-0.4, -0.2) is 25.8 Å². The van der Waals surface area contributed by atoms with Gasteiger partial charge in [-0.2, -0.15) is 0 Å². The molecular formula is C8H18Pb. The Bertz CT molecular complexity index is 37.8. The molecule has 0 aromatic rings. The third kappa shape index (κ3) is 8.92. The molecule has 0 spiro atoms. The molecule has 1 heteroatoms. The van der Waals surface area contributed by atoms with Gasteiger partial charge >= 0.3 is 75.2 Å². The van der Waals surface area contributed by atoms with E-state index in [4.69, 9.17) is 0 Å². The van der Waals surface area contributed by atoms with Crippen LogP contribution in [0.2, 0.25) is 3.98 Å². The zero-order valence-corrected chi connectivity index (χ0v) is 11.0. The van der Waals surface area contributed by atoms with Crippen molar-refractivity contribution in [2.75, 3.05) is 0 Å². The summed E-state index contributed by atoms with van der Waals surface area (Å²) in [6, 6.07) is 0. The second-order valence-electron chi connectivity index (χ2n) is 2.56. The van der Waals surface area contributed by atoms with Gasteiger partial charge in [0.1, 0.15) is 0 Å². The molecule has 2 radical (unpaired) electrons. The molecular weight excluding hydrogens is 303 g/mol. The van der Waals surface area contributed by atoms with Crippen molar-refractivity contribution in [2.24, 2.45) is 0 Å². The first-order valence-electron chi connectivity index (χ1n) is 4.12. The van der Waals surface area contributed by atoms with Gasteiger partial charge in [0.15, 0.2) is 0 Å². The number of rotatable bonds is 6. The van der Waals surface area contributed by atoms with Crippen LogP contribution in [0.3, 0.4) is 0 Å². The van der Waals surface area contributed by atoms with Gasteiger partial charge in [-0.15, -0.1) is 0 Å². The van der Waals surface area contributed by atoms with E-state index in [-0.39, 0.29) is 0 Å². The quantitative estimate of drug-likeness (QED) is 0.521. The van der Waals surface area contributed by atoms with Crippen molar-refractivity contribution >= 4 is 25.8 Å². The Morgan fingerprint density at radius 2 is 1.44 bits per heavy atom. The van der Waals surface area contributed by atoms with E-state index in [2.05, 4.69) is 6.92 Å². The summed E-state index contributed by atoms with van der Waals surface area (Å²) in [7, 11) is 0. The summed E-state index contributed by atoms with van der Waals surface area (Å²) >= 11 is 1.24. The number of hydrogen-bond donors (Lipinski definition) is 0. The Morgan fingerprint density at radius 3 is 2.00 bits per heavy atom. The van der Waals surface area contributed by atoms with E-state index in [0.717, 1.165) is 0 Å². The van der Waals surface area contributed by atoms with Crippen LogP contribution in [0, 0.1) is 0 Å². The first kappa shape index (κ1) is 9.92. The Hall–Kier alpha value is 0.922. The van der Waals surface area contributed by atoms with Crippen LogP contribution >= 0.6 is 0 Å². The minimum atomic E-state index is 1.24. The van der Waals surface area contributed by atoms with Crippen molar-refractivity contribution in [3.63, 3.8) is 0 Å². The van der Waals surface area contributed by atoms with Crippen LogP contribution in [0.1, 0.15) is 45.4 Å². The third-order valence-corrected chi connectivity index (χ3v) is 3.14. The van der Waals surface area contributed by atoms with Crippen LogP contribution in [0.25, 0.3) is 0 Å². The molecule has 0 aromatic carbocycles. The Morgan fingerprint density at radius 1 is 0.889 bits per heavy atom. The van der Waals surface area contributed by atoms with Crippen molar-refractivity contribution in [2.45, 2.75) is 49.4 Å². The second kappa shape index (κ2) is 8.92. The molecule has 54 valence electrons. The van der Waals surface area contributed by atoms with Gasteiger partial charge in [-0.25, -0.2) is 0 Å². The van der Waals surface area contributed by atoms with Crippen molar-refractivity contribution in [3.05, 3.63) is 0 Å². The van der Waals surface area contributed by atoms with E-state index < -0.39 is 0 Å². The van der Waals surface area contributed by atoms with Crippen molar-refractivity contribution < 1.29 is 0 Å². The van der Waals surface area contributed by atoms with E-state index in [1.807, 2.05) is 0 Å². The summed E-state index contributed by atoms with van der Waals surface area (Å²) in [6.07, 6.45) is 8.79. The van der Waals surface area contributed by atoms with E-state index in [1.165, 1.54) is 68.3 Å². The average Bonchev–Trinajstić information content (AvgIpc) is 1.89. The predicted octanol–water partition coefficient (Wildman–Crippen LogP) is 2.67. The van der Waals surface area contributed by atoms with Crippen molar-refractivity contribution in [1.82, 2.24) is 0 Å². The van der Waals surface area contributed by atoms with E-state index in [0.29, 0.717) is 0 Å². The number of unbranched alkanes of at least 4 members (excludes halogenated alkanes) is 5. The summed E-state index contributed by atoms with van der Waals surface area (Å²) in [4.78, 5) is 0.